The predicted octanol–water partition coefficient (Wildman–Crippen LogP) is -2.75. The summed E-state index contributed by atoms with van der Waals surface area (Å²) < 4.78 is 21.7. The lowest BCUT2D eigenvalue weighted by Crippen LogP contribution is -2.47. The minimum Gasteiger partial charge on any atom is -0.508 e. The van der Waals surface area contributed by atoms with E-state index < -0.39 is 80.5 Å². The highest BCUT2D eigenvalue weighted by Crippen LogP contribution is 2.45. The van der Waals surface area contributed by atoms with E-state index in [-0.39, 0.29) is 42.1 Å². The Kier molecular flexibility index (Phi) is 11.0. The molecule has 0 saturated heterocycles. The number of primary amides is 1. The number of aliphatic hydroxyl groups excluding tert-OH is 3. The molecule has 2 amide bonds. The van der Waals surface area contributed by atoms with Gasteiger partial charge in [-0.1, -0.05) is 6.07 Å². The number of aromatic amines is 2. The van der Waals surface area contributed by atoms with E-state index in [1.165, 1.54) is 23.1 Å². The number of benzene rings is 1. The zero-order valence-electron chi connectivity index (χ0n) is 23.1. The van der Waals surface area contributed by atoms with Crippen LogP contribution in [0.25, 0.3) is 0 Å². The monoisotopic (exact) mass is 645 g/mol. The molecule has 6 atom stereocenters. The van der Waals surface area contributed by atoms with Crippen molar-refractivity contribution in [1.29, 1.82) is 0 Å². The molecule has 1 aromatic carbocycles. The van der Waals surface area contributed by atoms with Gasteiger partial charge in [0.1, 0.15) is 42.0 Å². The predicted molar refractivity (Wildman–Crippen MR) is 148 cm³/mol. The van der Waals surface area contributed by atoms with Crippen LogP contribution in [-0.2, 0) is 34.4 Å². The number of aromatic nitrogens is 2. The van der Waals surface area contributed by atoms with Crippen molar-refractivity contribution in [2.45, 2.75) is 56.6 Å². The van der Waals surface area contributed by atoms with Crippen molar-refractivity contribution in [3.8, 4) is 5.75 Å². The van der Waals surface area contributed by atoms with Gasteiger partial charge in [0.05, 0.1) is 18.7 Å². The average Bonchev–Trinajstić information content (AvgIpc) is 2.93. The van der Waals surface area contributed by atoms with Crippen LogP contribution in [0.3, 0.4) is 0 Å². The van der Waals surface area contributed by atoms with E-state index in [0.717, 1.165) is 6.92 Å². The van der Waals surface area contributed by atoms with Crippen molar-refractivity contribution in [1.82, 2.24) is 15.3 Å². The molecule has 44 heavy (non-hydrogen) atoms. The second kappa shape index (κ2) is 14.1. The van der Waals surface area contributed by atoms with E-state index in [9.17, 15) is 59.0 Å². The number of hydrogen-bond donors (Lipinski definition) is 10. The molecule has 0 bridgehead atoms. The maximum Gasteiger partial charge on any atom is 0.473 e. The topological polar surface area (TPSA) is 315 Å². The summed E-state index contributed by atoms with van der Waals surface area (Å²) in [5.41, 5.74) is 4.31. The van der Waals surface area contributed by atoms with E-state index in [4.69, 9.17) is 5.73 Å². The Morgan fingerprint density at radius 2 is 1.84 bits per heavy atom. The van der Waals surface area contributed by atoms with Gasteiger partial charge in [-0.05, 0) is 25.0 Å². The highest BCUT2D eigenvalue weighted by molar-refractivity contribution is 7.47. The number of phenols is 1. The number of rotatable bonds is 15. The van der Waals surface area contributed by atoms with Crippen molar-refractivity contribution < 1.29 is 58.4 Å². The van der Waals surface area contributed by atoms with Gasteiger partial charge >= 0.3 is 19.5 Å². The fourth-order valence-corrected chi connectivity index (χ4v) is 5.18. The normalized spacial score (nSPS) is 17.2. The van der Waals surface area contributed by atoms with Crippen LogP contribution in [0.5, 0.6) is 5.75 Å². The van der Waals surface area contributed by atoms with E-state index in [0.29, 0.717) is 5.56 Å². The van der Waals surface area contributed by atoms with Crippen molar-refractivity contribution in [3.05, 3.63) is 50.2 Å². The molecule has 1 aliphatic heterocycles. The third-order valence-corrected chi connectivity index (χ3v) is 7.59. The molecule has 1 aromatic heterocycles. The number of anilines is 2. The number of β-amino-alcohol motifs (C(OH)–C–C–N with tert-alkyl or cyclic N) is 1. The number of phenolic OH excluding ortho intramolecular Hbond substituents is 1. The Morgan fingerprint density at radius 1 is 1.16 bits per heavy atom. The molecule has 0 aliphatic carbocycles. The number of fused-ring (bicyclic) bond motifs is 2. The number of carbonyl (C=O) groups is 3. The lowest BCUT2D eigenvalue weighted by molar-refractivity contribution is -0.143. The quantitative estimate of drug-likeness (QED) is 0.0878. The number of carboxylic acid groups (broad SMARTS) is 1. The zero-order chi connectivity index (χ0) is 32.9. The fourth-order valence-electron chi connectivity index (χ4n) is 4.28. The number of carbonyl (C=O) groups excluding carboxylic acids is 2. The van der Waals surface area contributed by atoms with Crippen LogP contribution in [0.4, 0.5) is 11.5 Å². The van der Waals surface area contributed by atoms with Gasteiger partial charge < -0.3 is 46.4 Å². The van der Waals surface area contributed by atoms with Crippen molar-refractivity contribution in [3.63, 3.8) is 0 Å². The molecule has 1 aliphatic rings. The Morgan fingerprint density at radius 3 is 2.48 bits per heavy atom. The molecule has 1 unspecified atom stereocenters. The molecule has 2 heterocycles. The molecule has 19 nitrogen and oxygen atoms in total. The molecule has 2 aromatic rings. The van der Waals surface area contributed by atoms with Crippen molar-refractivity contribution in [2.24, 2.45) is 5.73 Å². The van der Waals surface area contributed by atoms with E-state index in [2.05, 4.69) is 19.0 Å². The maximum atomic E-state index is 12.4. The summed E-state index contributed by atoms with van der Waals surface area (Å²) in [5, 5.41) is 52.8. The summed E-state index contributed by atoms with van der Waals surface area (Å²) in [6.07, 6.45) is -8.31. The van der Waals surface area contributed by atoms with Gasteiger partial charge in [-0.3, -0.25) is 33.4 Å². The lowest BCUT2D eigenvalue weighted by atomic mass is 9.97. The molecule has 0 radical (unpaired) electrons. The number of nitrogens with zero attached hydrogens (tertiary/aromatic N) is 1. The first-order valence-electron chi connectivity index (χ1n) is 13.0. The minimum atomic E-state index is -5.11. The Bertz CT molecular complexity index is 1560. The van der Waals surface area contributed by atoms with Gasteiger partial charge in [-0.2, -0.15) is 0 Å². The van der Waals surface area contributed by atoms with Crippen LogP contribution in [0.15, 0.2) is 27.8 Å². The van der Waals surface area contributed by atoms with Gasteiger partial charge in [0.15, 0.2) is 0 Å². The molecular formula is C24H32N5O14P. The van der Waals surface area contributed by atoms with Crippen molar-refractivity contribution >= 4 is 37.1 Å². The molecule has 0 saturated carbocycles. The van der Waals surface area contributed by atoms with Gasteiger partial charge in [0.25, 0.3) is 5.56 Å². The molecule has 11 N–H and O–H groups in total. The highest BCUT2D eigenvalue weighted by Gasteiger charge is 2.35. The molecule has 3 rings (SSSR count). The van der Waals surface area contributed by atoms with Gasteiger partial charge in [-0.15, -0.1) is 0 Å². The van der Waals surface area contributed by atoms with Crippen LogP contribution >= 0.6 is 7.82 Å². The smallest absolute Gasteiger partial charge is 0.473 e. The number of H-pyrrole nitrogens is 2. The van der Waals surface area contributed by atoms with Gasteiger partial charge in [0, 0.05) is 24.6 Å². The highest BCUT2D eigenvalue weighted by atomic mass is 31.2. The van der Waals surface area contributed by atoms with Crippen LogP contribution in [0, 0.1) is 0 Å². The van der Waals surface area contributed by atoms with Crippen molar-refractivity contribution in [2.75, 3.05) is 18.1 Å². The lowest BCUT2D eigenvalue weighted by Gasteiger charge is -2.35. The Labute approximate surface area is 247 Å². The summed E-state index contributed by atoms with van der Waals surface area (Å²) in [6, 6.07) is 2.61. The Balaban J connectivity index is 1.64. The van der Waals surface area contributed by atoms with Crippen LogP contribution in [0.1, 0.15) is 30.9 Å². The molecule has 242 valence electrons. The number of phosphoric acid groups is 1. The maximum absolute atomic E-state index is 12.4. The average molecular weight is 646 g/mol. The molecular weight excluding hydrogens is 613 g/mol. The SMILES string of the molecule is C[C@@H](OP(=O)(O)OC[C@H](O)[C@H](O)[C@H](O)CN1c2cc(O)ccc2Cc2c1[nH]c(=O)[nH]c2=O)C(=O)N[C@H](CCC(N)=O)C(=O)O. The number of phosphoric ester groups is 1. The summed E-state index contributed by atoms with van der Waals surface area (Å²) >= 11 is 0. The standard InChI is InChI=1S/C24H32N5O14P/c1-10(21(35)26-14(23(37)38)4-5-18(25)33)43-44(40,41)42-9-17(32)19(34)16(31)8-29-15-7-12(30)3-2-11(15)6-13-20(29)27-24(39)28-22(13)36/h2-3,7,10,14,16-17,19,30-32,34H,4-6,8-9H2,1H3,(H2,25,33)(H,26,35)(H,37,38)(H,40,41)(H2,27,28,36,39)/t10-,14-,16-,17+,19-/m1/s1. The fraction of sp³-hybridized carbons (Fsp3) is 0.458. The number of aromatic hydroxyl groups is 1. The first-order valence-corrected chi connectivity index (χ1v) is 14.4. The zero-order valence-corrected chi connectivity index (χ0v) is 24.0. The molecule has 20 heteroatoms. The number of nitrogens with two attached hydrogens (primary N) is 1. The number of aliphatic hydroxyl groups is 3. The van der Waals surface area contributed by atoms with Crippen LogP contribution in [-0.4, -0.2) is 102 Å². The summed E-state index contributed by atoms with van der Waals surface area (Å²) in [6.45, 7) is -0.654. The van der Waals surface area contributed by atoms with E-state index >= 15 is 0 Å². The van der Waals surface area contributed by atoms with E-state index in [1.807, 2.05) is 5.32 Å². The largest absolute Gasteiger partial charge is 0.508 e. The molecule has 0 fully saturated rings. The number of hydrogen-bond acceptors (Lipinski definition) is 13. The summed E-state index contributed by atoms with van der Waals surface area (Å²) in [4.78, 5) is 74.6. The van der Waals surface area contributed by atoms with Gasteiger partial charge in [-0.25, -0.2) is 14.2 Å². The van der Waals surface area contributed by atoms with Crippen LogP contribution in [0.2, 0.25) is 0 Å². The van der Waals surface area contributed by atoms with E-state index in [1.54, 1.807) is 0 Å². The van der Waals surface area contributed by atoms with Crippen LogP contribution < -0.4 is 27.2 Å². The van der Waals surface area contributed by atoms with Gasteiger partial charge in [0.2, 0.25) is 11.8 Å². The second-order valence-electron chi connectivity index (χ2n) is 9.88. The third-order valence-electron chi connectivity index (χ3n) is 6.54. The minimum absolute atomic E-state index is 0.0332. The number of carboxylic acids is 1. The first-order chi connectivity index (χ1) is 20.5. The summed E-state index contributed by atoms with van der Waals surface area (Å²) in [5.74, 6) is -3.69. The number of aliphatic carboxylic acids is 1. The second-order valence-corrected chi connectivity index (χ2v) is 11.3. The molecule has 0 spiro atoms. The number of nitrogens with one attached hydrogen (secondary N) is 3. The third kappa shape index (κ3) is 8.73. The summed E-state index contributed by atoms with van der Waals surface area (Å²) in [7, 11) is -5.11. The number of amides is 2. The Hall–Kier alpha value is -4.10. The first kappa shape index (κ1) is 34.4.